The van der Waals surface area contributed by atoms with E-state index in [1.165, 1.54) is 11.1 Å². The standard InChI is InChI=1S/C27H27ClN2O3/c1-5-17-6-13-24-23(14-17)30-26(33-24)18-7-12-21(28)22(15-18)29-25(31)16-32-20-10-8-19(9-11-20)27(2,3)4/h6-15H,5,16H2,1-4H3,(H,29,31). The lowest BCUT2D eigenvalue weighted by Crippen LogP contribution is -2.20. The molecular weight excluding hydrogens is 436 g/mol. The Labute approximate surface area is 198 Å². The number of carbonyl (C=O) groups is 1. The van der Waals surface area contributed by atoms with Crippen LogP contribution < -0.4 is 10.1 Å². The second-order valence-electron chi connectivity index (χ2n) is 8.98. The summed E-state index contributed by atoms with van der Waals surface area (Å²) in [5, 5.41) is 3.24. The smallest absolute Gasteiger partial charge is 0.262 e. The maximum atomic E-state index is 12.5. The number of fused-ring (bicyclic) bond motifs is 1. The lowest BCUT2D eigenvalue weighted by molar-refractivity contribution is -0.118. The first-order valence-electron chi connectivity index (χ1n) is 11.0. The number of anilines is 1. The summed E-state index contributed by atoms with van der Waals surface area (Å²) in [4.78, 5) is 17.1. The number of nitrogens with one attached hydrogen (secondary N) is 1. The van der Waals surface area contributed by atoms with Gasteiger partial charge in [0.15, 0.2) is 12.2 Å². The number of rotatable bonds is 6. The highest BCUT2D eigenvalue weighted by atomic mass is 35.5. The van der Waals surface area contributed by atoms with Gasteiger partial charge in [0, 0.05) is 5.56 Å². The Morgan fingerprint density at radius 1 is 1.06 bits per heavy atom. The summed E-state index contributed by atoms with van der Waals surface area (Å²) in [5.41, 5.74) is 5.17. The third-order valence-corrected chi connectivity index (χ3v) is 5.77. The van der Waals surface area contributed by atoms with Crippen molar-refractivity contribution in [1.29, 1.82) is 0 Å². The number of aromatic nitrogens is 1. The number of amides is 1. The van der Waals surface area contributed by atoms with Gasteiger partial charge in [-0.2, -0.15) is 0 Å². The number of benzene rings is 3. The number of hydrogen-bond donors (Lipinski definition) is 1. The zero-order valence-corrected chi connectivity index (χ0v) is 20.0. The molecule has 3 aromatic carbocycles. The minimum Gasteiger partial charge on any atom is -0.484 e. The molecule has 0 aliphatic rings. The number of nitrogens with zero attached hydrogens (tertiary/aromatic N) is 1. The van der Waals surface area contributed by atoms with Crippen molar-refractivity contribution in [3.05, 3.63) is 76.8 Å². The zero-order valence-electron chi connectivity index (χ0n) is 19.2. The van der Waals surface area contributed by atoms with Crippen LogP contribution in [0.2, 0.25) is 5.02 Å². The molecule has 0 radical (unpaired) electrons. The van der Waals surface area contributed by atoms with E-state index in [2.05, 4.69) is 38.0 Å². The second-order valence-corrected chi connectivity index (χ2v) is 9.39. The SMILES string of the molecule is CCc1ccc2oc(-c3ccc(Cl)c(NC(=O)COc4ccc(C(C)(C)C)cc4)c3)nc2c1. The molecule has 1 heterocycles. The molecule has 0 atom stereocenters. The molecule has 0 spiro atoms. The van der Waals surface area contributed by atoms with Gasteiger partial charge in [-0.15, -0.1) is 0 Å². The molecule has 0 aliphatic heterocycles. The van der Waals surface area contributed by atoms with Crippen molar-refractivity contribution in [2.75, 3.05) is 11.9 Å². The summed E-state index contributed by atoms with van der Waals surface area (Å²) < 4.78 is 11.5. The van der Waals surface area contributed by atoms with E-state index >= 15 is 0 Å². The molecule has 6 heteroatoms. The molecular formula is C27H27ClN2O3. The first kappa shape index (κ1) is 22.9. The highest BCUT2D eigenvalue weighted by molar-refractivity contribution is 6.33. The monoisotopic (exact) mass is 462 g/mol. The van der Waals surface area contributed by atoms with Gasteiger partial charge in [-0.05, 0) is 65.4 Å². The van der Waals surface area contributed by atoms with E-state index in [1.807, 2.05) is 48.5 Å². The van der Waals surface area contributed by atoms with E-state index in [0.29, 0.717) is 27.9 Å². The fourth-order valence-electron chi connectivity index (χ4n) is 3.46. The molecule has 170 valence electrons. The molecule has 5 nitrogen and oxygen atoms in total. The predicted molar refractivity (Wildman–Crippen MR) is 133 cm³/mol. The number of aryl methyl sites for hydroxylation is 1. The van der Waals surface area contributed by atoms with Gasteiger partial charge < -0.3 is 14.5 Å². The van der Waals surface area contributed by atoms with Gasteiger partial charge in [-0.25, -0.2) is 4.98 Å². The third kappa shape index (κ3) is 5.37. The van der Waals surface area contributed by atoms with E-state index < -0.39 is 0 Å². The molecule has 0 aliphatic carbocycles. The lowest BCUT2D eigenvalue weighted by Gasteiger charge is -2.19. The van der Waals surface area contributed by atoms with E-state index in [-0.39, 0.29) is 17.9 Å². The molecule has 1 N–H and O–H groups in total. The maximum absolute atomic E-state index is 12.5. The van der Waals surface area contributed by atoms with Crippen molar-refractivity contribution < 1.29 is 13.9 Å². The number of carbonyl (C=O) groups excluding carboxylic acids is 1. The average molecular weight is 463 g/mol. The number of oxazole rings is 1. The molecule has 0 saturated heterocycles. The molecule has 33 heavy (non-hydrogen) atoms. The van der Waals surface area contributed by atoms with E-state index in [1.54, 1.807) is 12.1 Å². The van der Waals surface area contributed by atoms with E-state index in [0.717, 1.165) is 17.5 Å². The van der Waals surface area contributed by atoms with E-state index in [4.69, 9.17) is 20.8 Å². The Kier molecular flexibility index (Phi) is 6.43. The molecule has 0 unspecified atom stereocenters. The van der Waals surface area contributed by atoms with Gasteiger partial charge in [0.05, 0.1) is 10.7 Å². The van der Waals surface area contributed by atoms with Crippen LogP contribution in [0, 0.1) is 0 Å². The van der Waals surface area contributed by atoms with Crippen LogP contribution in [0.25, 0.3) is 22.6 Å². The third-order valence-electron chi connectivity index (χ3n) is 5.44. The van der Waals surface area contributed by atoms with Crippen LogP contribution in [0.4, 0.5) is 5.69 Å². The van der Waals surface area contributed by atoms with Gasteiger partial charge in [0.2, 0.25) is 5.89 Å². The van der Waals surface area contributed by atoms with Crippen LogP contribution in [-0.4, -0.2) is 17.5 Å². The van der Waals surface area contributed by atoms with Crippen molar-refractivity contribution in [2.24, 2.45) is 0 Å². The first-order chi connectivity index (χ1) is 15.7. The summed E-state index contributed by atoms with van der Waals surface area (Å²) in [5.74, 6) is 0.802. The van der Waals surface area contributed by atoms with Crippen LogP contribution in [-0.2, 0) is 16.6 Å². The summed E-state index contributed by atoms with van der Waals surface area (Å²) in [7, 11) is 0. The van der Waals surface area contributed by atoms with Gasteiger partial charge in [0.1, 0.15) is 11.3 Å². The van der Waals surface area contributed by atoms with Gasteiger partial charge in [-0.3, -0.25) is 4.79 Å². The molecule has 4 aromatic rings. The predicted octanol–water partition coefficient (Wildman–Crippen LogP) is 7.03. The van der Waals surface area contributed by atoms with Gasteiger partial charge >= 0.3 is 0 Å². The van der Waals surface area contributed by atoms with Crippen LogP contribution in [0.1, 0.15) is 38.8 Å². The van der Waals surface area contributed by atoms with E-state index in [9.17, 15) is 4.79 Å². The lowest BCUT2D eigenvalue weighted by atomic mass is 9.87. The van der Waals surface area contributed by atoms with Crippen LogP contribution >= 0.6 is 11.6 Å². The van der Waals surface area contributed by atoms with Gasteiger partial charge in [-0.1, -0.05) is 57.5 Å². The Bertz CT molecular complexity index is 1290. The summed E-state index contributed by atoms with van der Waals surface area (Å²) in [6.07, 6.45) is 0.929. The fraction of sp³-hybridized carbons (Fsp3) is 0.259. The Balaban J connectivity index is 1.45. The zero-order chi connectivity index (χ0) is 23.6. The minimum atomic E-state index is -0.306. The minimum absolute atomic E-state index is 0.0602. The molecule has 0 bridgehead atoms. The molecule has 1 amide bonds. The Morgan fingerprint density at radius 2 is 1.82 bits per heavy atom. The summed E-state index contributed by atoms with van der Waals surface area (Å²) >= 11 is 6.32. The topological polar surface area (TPSA) is 64.4 Å². The molecule has 4 rings (SSSR count). The van der Waals surface area contributed by atoms with Gasteiger partial charge in [0.25, 0.3) is 5.91 Å². The van der Waals surface area contributed by atoms with Crippen LogP contribution in [0.5, 0.6) is 5.75 Å². The van der Waals surface area contributed by atoms with Crippen molar-refractivity contribution in [2.45, 2.75) is 39.5 Å². The summed E-state index contributed by atoms with van der Waals surface area (Å²) in [6, 6.07) is 19.0. The van der Waals surface area contributed by atoms with Crippen molar-refractivity contribution >= 4 is 34.3 Å². The van der Waals surface area contributed by atoms with Crippen LogP contribution in [0.15, 0.2) is 65.1 Å². The maximum Gasteiger partial charge on any atom is 0.262 e. The first-order valence-corrected chi connectivity index (χ1v) is 11.3. The Hall–Kier alpha value is -3.31. The highest BCUT2D eigenvalue weighted by Gasteiger charge is 2.15. The number of ether oxygens (including phenoxy) is 1. The Morgan fingerprint density at radius 3 is 2.52 bits per heavy atom. The molecule has 1 aromatic heterocycles. The summed E-state index contributed by atoms with van der Waals surface area (Å²) in [6.45, 7) is 8.42. The van der Waals surface area contributed by atoms with Crippen LogP contribution in [0.3, 0.4) is 0 Å². The normalized spacial score (nSPS) is 11.5. The quantitative estimate of drug-likeness (QED) is 0.334. The van der Waals surface area contributed by atoms with Crippen molar-refractivity contribution in [3.8, 4) is 17.2 Å². The number of halogens is 1. The molecule has 0 fully saturated rings. The molecule has 0 saturated carbocycles. The second kappa shape index (κ2) is 9.28. The van der Waals surface area contributed by atoms with Crippen molar-refractivity contribution in [1.82, 2.24) is 4.98 Å². The fourth-order valence-corrected chi connectivity index (χ4v) is 3.62. The highest BCUT2D eigenvalue weighted by Crippen LogP contribution is 2.31. The number of hydrogen-bond acceptors (Lipinski definition) is 4. The average Bonchev–Trinajstić information content (AvgIpc) is 3.22. The largest absolute Gasteiger partial charge is 0.484 e. The van der Waals surface area contributed by atoms with Crippen molar-refractivity contribution in [3.63, 3.8) is 0 Å².